The summed E-state index contributed by atoms with van der Waals surface area (Å²) in [5, 5.41) is 3.00. The van der Waals surface area contributed by atoms with Crippen molar-refractivity contribution in [2.45, 2.75) is 38.3 Å². The van der Waals surface area contributed by atoms with E-state index >= 15 is 0 Å². The molecule has 2 fully saturated rings. The summed E-state index contributed by atoms with van der Waals surface area (Å²) in [4.78, 5) is 11.3. The molecular weight excluding hydrogens is 154 g/mol. The van der Waals surface area contributed by atoms with Gasteiger partial charge in [0, 0.05) is 12.5 Å². The molecule has 1 heterocycles. The summed E-state index contributed by atoms with van der Waals surface area (Å²) in [6, 6.07) is 0.418. The van der Waals surface area contributed by atoms with Gasteiger partial charge in [0.2, 0.25) is 5.91 Å². The Hall–Kier alpha value is -0.570. The third-order valence-electron chi connectivity index (χ3n) is 2.94. The average molecular weight is 169 g/mol. The van der Waals surface area contributed by atoms with Gasteiger partial charge in [-0.2, -0.15) is 0 Å². The van der Waals surface area contributed by atoms with Gasteiger partial charge in [0.05, 0.1) is 6.61 Å². The molecule has 3 heteroatoms. The van der Waals surface area contributed by atoms with E-state index in [0.29, 0.717) is 12.0 Å². The smallest absolute Gasteiger partial charge is 0.249 e. The molecule has 68 valence electrons. The normalized spacial score (nSPS) is 39.6. The number of amides is 1. The molecule has 0 aromatic carbocycles. The summed E-state index contributed by atoms with van der Waals surface area (Å²) in [6.07, 6.45) is 3.14. The van der Waals surface area contributed by atoms with Crippen molar-refractivity contribution in [2.24, 2.45) is 5.92 Å². The Morgan fingerprint density at radius 1 is 1.42 bits per heavy atom. The molecule has 3 nitrogen and oxygen atoms in total. The molecule has 2 rings (SSSR count). The number of hydrogen-bond donors (Lipinski definition) is 1. The van der Waals surface area contributed by atoms with Crippen molar-refractivity contribution < 1.29 is 9.53 Å². The molecule has 2 aliphatic rings. The SMILES string of the molecule is CC1CCC1NC(=O)C1CCO1. The van der Waals surface area contributed by atoms with Gasteiger partial charge in [0.25, 0.3) is 0 Å². The molecule has 0 aromatic rings. The molecule has 1 saturated carbocycles. The van der Waals surface area contributed by atoms with Crippen molar-refractivity contribution in [3.05, 3.63) is 0 Å². The van der Waals surface area contributed by atoms with Crippen LogP contribution in [0.4, 0.5) is 0 Å². The van der Waals surface area contributed by atoms with Crippen LogP contribution in [-0.4, -0.2) is 24.7 Å². The Labute approximate surface area is 72.5 Å². The standard InChI is InChI=1S/C9H15NO2/c1-6-2-3-7(6)10-9(11)8-4-5-12-8/h6-8H,2-5H2,1H3,(H,10,11). The van der Waals surface area contributed by atoms with E-state index in [2.05, 4.69) is 12.2 Å². The Bertz CT molecular complexity index is 189. The van der Waals surface area contributed by atoms with Crippen LogP contribution in [0.5, 0.6) is 0 Å². The zero-order valence-electron chi connectivity index (χ0n) is 7.38. The van der Waals surface area contributed by atoms with Gasteiger partial charge in [-0.15, -0.1) is 0 Å². The predicted octanol–water partition coefficient (Wildman–Crippen LogP) is 0.690. The van der Waals surface area contributed by atoms with E-state index in [1.54, 1.807) is 0 Å². The third kappa shape index (κ3) is 1.33. The molecule has 3 atom stereocenters. The number of nitrogens with one attached hydrogen (secondary N) is 1. The van der Waals surface area contributed by atoms with Crippen molar-refractivity contribution in [1.29, 1.82) is 0 Å². The van der Waals surface area contributed by atoms with E-state index < -0.39 is 0 Å². The highest BCUT2D eigenvalue weighted by atomic mass is 16.5. The third-order valence-corrected chi connectivity index (χ3v) is 2.94. The predicted molar refractivity (Wildman–Crippen MR) is 44.7 cm³/mol. The van der Waals surface area contributed by atoms with Gasteiger partial charge in [-0.1, -0.05) is 6.92 Å². The first kappa shape index (κ1) is 8.05. The fourth-order valence-electron chi connectivity index (χ4n) is 1.60. The van der Waals surface area contributed by atoms with E-state index in [1.807, 2.05) is 0 Å². The van der Waals surface area contributed by atoms with Gasteiger partial charge >= 0.3 is 0 Å². The van der Waals surface area contributed by atoms with Crippen molar-refractivity contribution in [3.8, 4) is 0 Å². The monoisotopic (exact) mass is 169 g/mol. The van der Waals surface area contributed by atoms with E-state index in [4.69, 9.17) is 4.74 Å². The van der Waals surface area contributed by atoms with Crippen molar-refractivity contribution in [1.82, 2.24) is 5.32 Å². The van der Waals surface area contributed by atoms with Crippen LogP contribution in [-0.2, 0) is 9.53 Å². The van der Waals surface area contributed by atoms with Crippen LogP contribution in [0, 0.1) is 5.92 Å². The Morgan fingerprint density at radius 2 is 2.17 bits per heavy atom. The van der Waals surface area contributed by atoms with Gasteiger partial charge in [-0.25, -0.2) is 0 Å². The minimum atomic E-state index is -0.141. The molecule has 1 aliphatic carbocycles. The fourth-order valence-corrected chi connectivity index (χ4v) is 1.60. The Kier molecular flexibility index (Phi) is 2.05. The van der Waals surface area contributed by atoms with Crippen LogP contribution in [0.1, 0.15) is 26.2 Å². The summed E-state index contributed by atoms with van der Waals surface area (Å²) in [7, 11) is 0. The lowest BCUT2D eigenvalue weighted by Gasteiger charge is -2.36. The summed E-state index contributed by atoms with van der Waals surface area (Å²) in [5.74, 6) is 0.756. The van der Waals surface area contributed by atoms with Crippen molar-refractivity contribution in [3.63, 3.8) is 0 Å². The molecule has 0 spiro atoms. The minimum absolute atomic E-state index is 0.0952. The van der Waals surface area contributed by atoms with Gasteiger partial charge in [-0.3, -0.25) is 4.79 Å². The highest BCUT2D eigenvalue weighted by Gasteiger charge is 2.32. The zero-order chi connectivity index (χ0) is 8.55. The van der Waals surface area contributed by atoms with Crippen LogP contribution in [0.2, 0.25) is 0 Å². The van der Waals surface area contributed by atoms with Crippen LogP contribution in [0.25, 0.3) is 0 Å². The van der Waals surface area contributed by atoms with E-state index in [1.165, 1.54) is 6.42 Å². The first-order valence-electron chi connectivity index (χ1n) is 4.69. The van der Waals surface area contributed by atoms with Crippen LogP contribution >= 0.6 is 0 Å². The highest BCUT2D eigenvalue weighted by Crippen LogP contribution is 2.26. The topological polar surface area (TPSA) is 38.3 Å². The maximum absolute atomic E-state index is 11.3. The number of carbonyl (C=O) groups is 1. The first-order chi connectivity index (χ1) is 5.77. The van der Waals surface area contributed by atoms with E-state index in [-0.39, 0.29) is 12.0 Å². The quantitative estimate of drug-likeness (QED) is 0.660. The second-order valence-electron chi connectivity index (χ2n) is 3.82. The van der Waals surface area contributed by atoms with Crippen molar-refractivity contribution >= 4 is 5.91 Å². The lowest BCUT2D eigenvalue weighted by atomic mass is 9.81. The molecule has 0 radical (unpaired) electrons. The highest BCUT2D eigenvalue weighted by molar-refractivity contribution is 5.81. The molecule has 1 amide bonds. The molecule has 1 N–H and O–H groups in total. The minimum Gasteiger partial charge on any atom is -0.368 e. The van der Waals surface area contributed by atoms with Gasteiger partial charge in [0.1, 0.15) is 6.10 Å². The van der Waals surface area contributed by atoms with Gasteiger partial charge < -0.3 is 10.1 Å². The number of hydrogen-bond acceptors (Lipinski definition) is 2. The van der Waals surface area contributed by atoms with Crippen LogP contribution in [0.15, 0.2) is 0 Å². The van der Waals surface area contributed by atoms with Crippen molar-refractivity contribution in [2.75, 3.05) is 6.61 Å². The molecule has 1 saturated heterocycles. The fraction of sp³-hybridized carbons (Fsp3) is 0.889. The summed E-state index contributed by atoms with van der Waals surface area (Å²) >= 11 is 0. The lowest BCUT2D eigenvalue weighted by molar-refractivity contribution is -0.146. The summed E-state index contributed by atoms with van der Waals surface area (Å²) in [5.41, 5.74) is 0. The number of rotatable bonds is 2. The van der Waals surface area contributed by atoms with E-state index in [9.17, 15) is 4.79 Å². The zero-order valence-corrected chi connectivity index (χ0v) is 7.38. The molecule has 12 heavy (non-hydrogen) atoms. The molecule has 3 unspecified atom stereocenters. The van der Waals surface area contributed by atoms with Crippen LogP contribution in [0.3, 0.4) is 0 Å². The van der Waals surface area contributed by atoms with Gasteiger partial charge in [0.15, 0.2) is 0 Å². The average Bonchev–Trinajstić information content (AvgIpc) is 1.94. The number of ether oxygens (including phenoxy) is 1. The van der Waals surface area contributed by atoms with Crippen LogP contribution < -0.4 is 5.32 Å². The lowest BCUT2D eigenvalue weighted by Crippen LogP contribution is -2.52. The molecule has 0 aromatic heterocycles. The summed E-state index contributed by atoms with van der Waals surface area (Å²) < 4.78 is 5.09. The molecule has 0 bridgehead atoms. The second kappa shape index (κ2) is 3.05. The molecule has 1 aliphatic heterocycles. The maximum atomic E-state index is 11.3. The van der Waals surface area contributed by atoms with Gasteiger partial charge in [-0.05, 0) is 18.8 Å². The molecular formula is C9H15NO2. The summed E-state index contributed by atoms with van der Waals surface area (Å²) in [6.45, 7) is 2.92. The number of carbonyl (C=O) groups excluding carboxylic acids is 1. The van der Waals surface area contributed by atoms with E-state index in [0.717, 1.165) is 19.4 Å². The Balaban J connectivity index is 1.74. The maximum Gasteiger partial charge on any atom is 0.249 e. The first-order valence-corrected chi connectivity index (χ1v) is 4.69. The largest absolute Gasteiger partial charge is 0.368 e. The second-order valence-corrected chi connectivity index (χ2v) is 3.82. The Morgan fingerprint density at radius 3 is 2.50 bits per heavy atom.